The summed E-state index contributed by atoms with van der Waals surface area (Å²) in [5.74, 6) is -0.0167. The second-order valence-electron chi connectivity index (χ2n) is 5.90. The van der Waals surface area contributed by atoms with Crippen molar-refractivity contribution in [3.05, 3.63) is 64.9 Å². The van der Waals surface area contributed by atoms with Gasteiger partial charge in [0.1, 0.15) is 11.7 Å². The van der Waals surface area contributed by atoms with Crippen LogP contribution in [-0.2, 0) is 10.0 Å². The Morgan fingerprint density at radius 1 is 0.960 bits per heavy atom. The van der Waals surface area contributed by atoms with E-state index in [1.165, 1.54) is 36.4 Å². The van der Waals surface area contributed by atoms with Crippen LogP contribution in [0.2, 0.25) is 5.02 Å². The number of likely N-dealkylation sites (tertiary alicyclic amines) is 1. The molecule has 1 aliphatic rings. The highest BCUT2D eigenvalue weighted by molar-refractivity contribution is 7.90. The molecule has 2 aromatic carbocycles. The van der Waals surface area contributed by atoms with Crippen LogP contribution in [0.25, 0.3) is 0 Å². The fourth-order valence-electron chi connectivity index (χ4n) is 2.77. The Bertz CT molecular complexity index is 859. The maximum Gasteiger partial charge on any atom is 0.284 e. The van der Waals surface area contributed by atoms with E-state index < -0.39 is 10.0 Å². The maximum absolute atomic E-state index is 13.2. The summed E-state index contributed by atoms with van der Waals surface area (Å²) in [6.07, 6.45) is 3.06. The van der Waals surface area contributed by atoms with E-state index in [-0.39, 0.29) is 10.7 Å². The summed E-state index contributed by atoms with van der Waals surface area (Å²) < 4.78 is 42.7. The van der Waals surface area contributed by atoms with E-state index in [0.717, 1.165) is 32.4 Å². The predicted octanol–water partition coefficient (Wildman–Crippen LogP) is 4.10. The molecule has 0 aromatic heterocycles. The maximum atomic E-state index is 13.2. The molecule has 1 fully saturated rings. The standard InChI is InChI=1S/C18H18ClFN2O2S/c19-15-6-10-17(11-7-15)25(23,24)21-18(22-12-2-1-3-13-22)14-4-8-16(20)9-5-14/h4-11H,1-3,12-13H2/b21-18-. The first-order valence-corrected chi connectivity index (χ1v) is 9.89. The van der Waals surface area contributed by atoms with Gasteiger partial charge in [-0.15, -0.1) is 4.40 Å². The molecule has 0 spiro atoms. The molecule has 25 heavy (non-hydrogen) atoms. The number of benzene rings is 2. The van der Waals surface area contributed by atoms with Gasteiger partial charge >= 0.3 is 0 Å². The van der Waals surface area contributed by atoms with Crippen molar-refractivity contribution in [2.45, 2.75) is 24.2 Å². The van der Waals surface area contributed by atoms with Crippen LogP contribution in [0, 0.1) is 5.82 Å². The van der Waals surface area contributed by atoms with E-state index in [9.17, 15) is 12.8 Å². The highest BCUT2D eigenvalue weighted by Crippen LogP contribution is 2.20. The van der Waals surface area contributed by atoms with Crippen LogP contribution in [0.15, 0.2) is 57.8 Å². The van der Waals surface area contributed by atoms with Crippen molar-refractivity contribution in [3.63, 3.8) is 0 Å². The van der Waals surface area contributed by atoms with Crippen LogP contribution in [0.3, 0.4) is 0 Å². The first-order valence-electron chi connectivity index (χ1n) is 8.07. The smallest absolute Gasteiger partial charge is 0.284 e. The van der Waals surface area contributed by atoms with E-state index in [1.807, 2.05) is 4.90 Å². The second kappa shape index (κ2) is 7.54. The molecule has 0 N–H and O–H groups in total. The van der Waals surface area contributed by atoms with Crippen LogP contribution in [0.4, 0.5) is 4.39 Å². The van der Waals surface area contributed by atoms with E-state index >= 15 is 0 Å². The minimum atomic E-state index is -3.89. The molecule has 0 amide bonds. The molecular formula is C18H18ClFN2O2S. The molecule has 1 saturated heterocycles. The van der Waals surface area contributed by atoms with Gasteiger partial charge in [-0.1, -0.05) is 11.6 Å². The molecule has 4 nitrogen and oxygen atoms in total. The van der Waals surface area contributed by atoms with Crippen molar-refractivity contribution in [1.29, 1.82) is 0 Å². The zero-order valence-corrected chi connectivity index (χ0v) is 15.1. The monoisotopic (exact) mass is 380 g/mol. The van der Waals surface area contributed by atoms with Crippen LogP contribution in [0.1, 0.15) is 24.8 Å². The number of piperidine rings is 1. The highest BCUT2D eigenvalue weighted by Gasteiger charge is 2.21. The predicted molar refractivity (Wildman–Crippen MR) is 97.0 cm³/mol. The number of hydrogen-bond acceptors (Lipinski definition) is 2. The Balaban J connectivity index is 2.04. The average Bonchev–Trinajstić information content (AvgIpc) is 2.62. The molecule has 3 rings (SSSR count). The molecule has 2 aromatic rings. The van der Waals surface area contributed by atoms with E-state index in [2.05, 4.69) is 4.40 Å². The summed E-state index contributed by atoms with van der Waals surface area (Å²) in [5, 5.41) is 0.456. The van der Waals surface area contributed by atoms with Crippen LogP contribution < -0.4 is 0 Å². The van der Waals surface area contributed by atoms with E-state index in [0.29, 0.717) is 16.4 Å². The summed E-state index contributed by atoms with van der Waals surface area (Å²) in [5.41, 5.74) is 0.584. The van der Waals surface area contributed by atoms with Gasteiger partial charge in [0.15, 0.2) is 0 Å². The highest BCUT2D eigenvalue weighted by atomic mass is 35.5. The lowest BCUT2D eigenvalue weighted by atomic mass is 10.1. The third-order valence-electron chi connectivity index (χ3n) is 4.08. The van der Waals surface area contributed by atoms with Crippen molar-refractivity contribution in [1.82, 2.24) is 4.90 Å². The third kappa shape index (κ3) is 4.38. The molecule has 0 unspecified atom stereocenters. The first-order chi connectivity index (χ1) is 12.0. The lowest BCUT2D eigenvalue weighted by molar-refractivity contribution is 0.343. The zero-order valence-electron chi connectivity index (χ0n) is 13.5. The van der Waals surface area contributed by atoms with Gasteiger partial charge < -0.3 is 4.90 Å². The van der Waals surface area contributed by atoms with E-state index in [4.69, 9.17) is 11.6 Å². The molecule has 7 heteroatoms. The molecule has 0 saturated carbocycles. The third-order valence-corrected chi connectivity index (χ3v) is 5.61. The summed E-state index contributed by atoms with van der Waals surface area (Å²) in [6, 6.07) is 11.6. The van der Waals surface area contributed by atoms with Crippen molar-refractivity contribution >= 4 is 27.5 Å². The van der Waals surface area contributed by atoms with Gasteiger partial charge in [-0.05, 0) is 67.8 Å². The number of rotatable bonds is 3. The molecule has 1 heterocycles. The normalized spacial score (nSPS) is 16.1. The number of hydrogen-bond donors (Lipinski definition) is 0. The first kappa shape index (κ1) is 17.9. The molecule has 1 aliphatic heterocycles. The lowest BCUT2D eigenvalue weighted by Crippen LogP contribution is -2.36. The fraction of sp³-hybridized carbons (Fsp3) is 0.278. The SMILES string of the molecule is O=S(=O)(/N=C(/c1ccc(F)cc1)N1CCCCC1)c1ccc(Cl)cc1. The van der Waals surface area contributed by atoms with Crippen molar-refractivity contribution in [3.8, 4) is 0 Å². The molecule has 0 aliphatic carbocycles. The van der Waals surface area contributed by atoms with Crippen molar-refractivity contribution < 1.29 is 12.8 Å². The van der Waals surface area contributed by atoms with Gasteiger partial charge in [-0.3, -0.25) is 0 Å². The minimum Gasteiger partial charge on any atom is -0.355 e. The van der Waals surface area contributed by atoms with Gasteiger partial charge in [0, 0.05) is 23.7 Å². The van der Waals surface area contributed by atoms with E-state index in [1.54, 1.807) is 12.1 Å². The Kier molecular flexibility index (Phi) is 5.39. The number of nitrogens with zero attached hydrogens (tertiary/aromatic N) is 2. The Morgan fingerprint density at radius 2 is 1.56 bits per heavy atom. The van der Waals surface area contributed by atoms with Gasteiger partial charge in [0.25, 0.3) is 10.0 Å². The topological polar surface area (TPSA) is 49.7 Å². The van der Waals surface area contributed by atoms with Crippen molar-refractivity contribution in [2.24, 2.45) is 4.40 Å². The van der Waals surface area contributed by atoms with Gasteiger partial charge in [-0.2, -0.15) is 8.42 Å². The lowest BCUT2D eigenvalue weighted by Gasteiger charge is -2.29. The summed E-state index contributed by atoms with van der Waals surface area (Å²) >= 11 is 5.83. The summed E-state index contributed by atoms with van der Waals surface area (Å²) in [6.45, 7) is 1.46. The van der Waals surface area contributed by atoms with Crippen molar-refractivity contribution in [2.75, 3.05) is 13.1 Å². The summed E-state index contributed by atoms with van der Waals surface area (Å²) in [4.78, 5) is 2.03. The van der Waals surface area contributed by atoms with Gasteiger partial charge in [0.05, 0.1) is 4.90 Å². The van der Waals surface area contributed by atoms with Crippen LogP contribution in [-0.4, -0.2) is 32.2 Å². The Labute approximate surface area is 152 Å². The fourth-order valence-corrected chi connectivity index (χ4v) is 3.93. The molecule has 0 bridgehead atoms. The summed E-state index contributed by atoms with van der Waals surface area (Å²) in [7, 11) is -3.89. The quantitative estimate of drug-likeness (QED) is 0.595. The van der Waals surface area contributed by atoms with Gasteiger partial charge in [-0.25, -0.2) is 4.39 Å². The van der Waals surface area contributed by atoms with Crippen LogP contribution in [0.5, 0.6) is 0 Å². The number of halogens is 2. The molecule has 0 radical (unpaired) electrons. The average molecular weight is 381 g/mol. The Hall–Kier alpha value is -1.92. The largest absolute Gasteiger partial charge is 0.355 e. The zero-order chi connectivity index (χ0) is 17.9. The molecular weight excluding hydrogens is 363 g/mol. The Morgan fingerprint density at radius 3 is 2.16 bits per heavy atom. The second-order valence-corrected chi connectivity index (χ2v) is 7.94. The number of amidine groups is 1. The van der Waals surface area contributed by atoms with Crippen LogP contribution >= 0.6 is 11.6 Å². The van der Waals surface area contributed by atoms with Gasteiger partial charge in [0.2, 0.25) is 0 Å². The molecule has 132 valence electrons. The minimum absolute atomic E-state index is 0.0773. The molecule has 0 atom stereocenters. The number of sulfonamides is 1.